The third-order valence-electron chi connectivity index (χ3n) is 3.27. The molecule has 1 aliphatic rings. The molecule has 4 nitrogen and oxygen atoms in total. The largest absolute Gasteiger partial charge is 0.444 e. The second-order valence-electron chi connectivity index (χ2n) is 6.44. The summed E-state index contributed by atoms with van der Waals surface area (Å²) < 4.78 is 5.28. The van der Waals surface area contributed by atoms with Gasteiger partial charge in [-0.25, -0.2) is 4.79 Å². The van der Waals surface area contributed by atoms with E-state index in [2.05, 4.69) is 17.6 Å². The number of anilines is 2. The Morgan fingerprint density at radius 2 is 1.85 bits per heavy atom. The summed E-state index contributed by atoms with van der Waals surface area (Å²) in [6, 6.07) is 8.15. The summed E-state index contributed by atoms with van der Waals surface area (Å²) in [4.78, 5) is 11.9. The molecule has 2 N–H and O–H groups in total. The third kappa shape index (κ3) is 4.44. The van der Waals surface area contributed by atoms with Gasteiger partial charge in [-0.1, -0.05) is 12.1 Å². The molecule has 4 heteroatoms. The molecule has 0 aromatic heterocycles. The van der Waals surface area contributed by atoms with Gasteiger partial charge in [0.25, 0.3) is 0 Å². The van der Waals surface area contributed by atoms with Crippen molar-refractivity contribution < 1.29 is 9.53 Å². The second kappa shape index (κ2) is 5.73. The van der Waals surface area contributed by atoms with Crippen molar-refractivity contribution in [3.63, 3.8) is 0 Å². The summed E-state index contributed by atoms with van der Waals surface area (Å²) in [6.07, 6.45) is 2.15. The van der Waals surface area contributed by atoms with Crippen molar-refractivity contribution in [3.8, 4) is 0 Å². The lowest BCUT2D eigenvalue weighted by molar-refractivity contribution is 0.0636. The van der Waals surface area contributed by atoms with Crippen LogP contribution >= 0.6 is 0 Å². The smallest absolute Gasteiger partial charge is 0.412 e. The van der Waals surface area contributed by atoms with E-state index in [0.29, 0.717) is 6.04 Å². The van der Waals surface area contributed by atoms with E-state index in [4.69, 9.17) is 4.74 Å². The zero-order chi connectivity index (χ0) is 14.8. The number of benzene rings is 1. The summed E-state index contributed by atoms with van der Waals surface area (Å²) in [6.45, 7) is 7.74. The fraction of sp³-hybridized carbons (Fsp3) is 0.562. The standard InChI is InChI=1S/C16H24N2O2/c1-11(12-9-10-12)17-13-7-5-6-8-14(13)18-15(19)20-16(2,3)4/h5-8,11-12,17H,9-10H2,1-4H3,(H,18,19). The van der Waals surface area contributed by atoms with Crippen molar-refractivity contribution in [2.45, 2.75) is 52.2 Å². The van der Waals surface area contributed by atoms with Gasteiger partial charge in [-0.2, -0.15) is 0 Å². The first-order valence-corrected chi connectivity index (χ1v) is 7.21. The highest BCUT2D eigenvalue weighted by Gasteiger charge is 2.28. The van der Waals surface area contributed by atoms with Crippen molar-refractivity contribution >= 4 is 17.5 Å². The molecule has 1 aromatic carbocycles. The lowest BCUT2D eigenvalue weighted by atomic mass is 10.2. The minimum Gasteiger partial charge on any atom is -0.444 e. The molecular weight excluding hydrogens is 252 g/mol. The van der Waals surface area contributed by atoms with Gasteiger partial charge < -0.3 is 10.1 Å². The summed E-state index contributed by atoms with van der Waals surface area (Å²) in [5.74, 6) is 0.754. The second-order valence-corrected chi connectivity index (χ2v) is 6.44. The average molecular weight is 276 g/mol. The molecule has 1 unspecified atom stereocenters. The maximum absolute atomic E-state index is 11.9. The van der Waals surface area contributed by atoms with E-state index in [1.54, 1.807) is 0 Å². The maximum atomic E-state index is 11.9. The molecule has 1 amide bonds. The van der Waals surface area contributed by atoms with E-state index < -0.39 is 11.7 Å². The van der Waals surface area contributed by atoms with Gasteiger partial charge in [-0.3, -0.25) is 5.32 Å². The van der Waals surface area contributed by atoms with Crippen LogP contribution < -0.4 is 10.6 Å². The number of rotatable bonds is 4. The molecule has 1 saturated carbocycles. The average Bonchev–Trinajstić information content (AvgIpc) is 3.12. The first-order chi connectivity index (χ1) is 9.35. The Morgan fingerprint density at radius 1 is 1.25 bits per heavy atom. The number of para-hydroxylation sites is 2. The normalized spacial score (nSPS) is 16.4. The third-order valence-corrected chi connectivity index (χ3v) is 3.27. The highest BCUT2D eigenvalue weighted by Crippen LogP contribution is 2.35. The number of hydrogen-bond acceptors (Lipinski definition) is 3. The molecular formula is C16H24N2O2. The van der Waals surface area contributed by atoms with Crippen LogP contribution in [0, 0.1) is 5.92 Å². The number of carbonyl (C=O) groups is 1. The number of nitrogens with one attached hydrogen (secondary N) is 2. The quantitative estimate of drug-likeness (QED) is 0.864. The zero-order valence-corrected chi connectivity index (χ0v) is 12.7. The lowest BCUT2D eigenvalue weighted by Gasteiger charge is -2.21. The molecule has 0 saturated heterocycles. The SMILES string of the molecule is CC(Nc1ccccc1NC(=O)OC(C)(C)C)C1CC1. The number of hydrogen-bond donors (Lipinski definition) is 2. The Morgan fingerprint density at radius 3 is 2.40 bits per heavy atom. The highest BCUT2D eigenvalue weighted by atomic mass is 16.6. The molecule has 0 aliphatic heterocycles. The Balaban J connectivity index is 2.01. The van der Waals surface area contributed by atoms with Gasteiger partial charge in [0.15, 0.2) is 0 Å². The topological polar surface area (TPSA) is 50.4 Å². The van der Waals surface area contributed by atoms with E-state index >= 15 is 0 Å². The van der Waals surface area contributed by atoms with Crippen molar-refractivity contribution in [3.05, 3.63) is 24.3 Å². The van der Waals surface area contributed by atoms with Gasteiger partial charge in [0.05, 0.1) is 11.4 Å². The van der Waals surface area contributed by atoms with Crippen LogP contribution in [-0.4, -0.2) is 17.7 Å². The first-order valence-electron chi connectivity index (χ1n) is 7.21. The minimum absolute atomic E-state index is 0.425. The first kappa shape index (κ1) is 14.7. The number of amides is 1. The summed E-state index contributed by atoms with van der Waals surface area (Å²) in [5.41, 5.74) is 1.21. The van der Waals surface area contributed by atoms with Crippen molar-refractivity contribution in [1.82, 2.24) is 0 Å². The van der Waals surface area contributed by atoms with Crippen LogP contribution in [0.1, 0.15) is 40.5 Å². The maximum Gasteiger partial charge on any atom is 0.412 e. The predicted molar refractivity (Wildman–Crippen MR) is 82.1 cm³/mol. The van der Waals surface area contributed by atoms with Crippen molar-refractivity contribution in [1.29, 1.82) is 0 Å². The van der Waals surface area contributed by atoms with Crippen molar-refractivity contribution in [2.24, 2.45) is 5.92 Å². The molecule has 2 rings (SSSR count). The fourth-order valence-electron chi connectivity index (χ4n) is 2.09. The Bertz CT molecular complexity index is 476. The molecule has 20 heavy (non-hydrogen) atoms. The van der Waals surface area contributed by atoms with E-state index in [1.807, 2.05) is 45.0 Å². The Hall–Kier alpha value is -1.71. The van der Waals surface area contributed by atoms with Gasteiger partial charge in [-0.15, -0.1) is 0 Å². The van der Waals surface area contributed by atoms with Crippen molar-refractivity contribution in [2.75, 3.05) is 10.6 Å². The van der Waals surface area contributed by atoms with Crippen LogP contribution in [0.4, 0.5) is 16.2 Å². The summed E-state index contributed by atoms with van der Waals surface area (Å²) >= 11 is 0. The van der Waals surface area contributed by atoms with Gasteiger partial charge in [-0.05, 0) is 58.6 Å². The fourth-order valence-corrected chi connectivity index (χ4v) is 2.09. The van der Waals surface area contributed by atoms with E-state index in [1.165, 1.54) is 12.8 Å². The Kier molecular flexibility index (Phi) is 4.21. The molecule has 0 bridgehead atoms. The molecule has 0 spiro atoms. The van der Waals surface area contributed by atoms with Gasteiger partial charge in [0.2, 0.25) is 0 Å². The Labute approximate surface area is 120 Å². The van der Waals surface area contributed by atoms with Gasteiger partial charge in [0, 0.05) is 6.04 Å². The summed E-state index contributed by atoms with van der Waals surface area (Å²) in [7, 11) is 0. The molecule has 1 fully saturated rings. The van der Waals surface area contributed by atoms with Crippen LogP contribution in [0.3, 0.4) is 0 Å². The molecule has 110 valence electrons. The van der Waals surface area contributed by atoms with Gasteiger partial charge >= 0.3 is 6.09 Å². The lowest BCUT2D eigenvalue weighted by Crippen LogP contribution is -2.27. The van der Waals surface area contributed by atoms with E-state index in [9.17, 15) is 4.79 Å². The van der Waals surface area contributed by atoms with Crippen LogP contribution in [0.5, 0.6) is 0 Å². The number of ether oxygens (including phenoxy) is 1. The molecule has 0 heterocycles. The molecule has 0 radical (unpaired) electrons. The van der Waals surface area contributed by atoms with Gasteiger partial charge in [0.1, 0.15) is 5.60 Å². The van der Waals surface area contributed by atoms with Crippen LogP contribution in [0.2, 0.25) is 0 Å². The van der Waals surface area contributed by atoms with E-state index in [-0.39, 0.29) is 0 Å². The monoisotopic (exact) mass is 276 g/mol. The number of carbonyl (C=O) groups excluding carboxylic acids is 1. The summed E-state index contributed by atoms with van der Waals surface area (Å²) in [5, 5.41) is 6.28. The van der Waals surface area contributed by atoms with Crippen LogP contribution in [0.15, 0.2) is 24.3 Å². The molecule has 1 aromatic rings. The molecule has 1 aliphatic carbocycles. The predicted octanol–water partition coefficient (Wildman–Crippen LogP) is 4.24. The van der Waals surface area contributed by atoms with Crippen LogP contribution in [-0.2, 0) is 4.74 Å². The molecule has 1 atom stereocenters. The minimum atomic E-state index is -0.492. The van der Waals surface area contributed by atoms with E-state index in [0.717, 1.165) is 17.3 Å². The zero-order valence-electron chi connectivity index (χ0n) is 12.7. The highest BCUT2D eigenvalue weighted by molar-refractivity contribution is 5.89. The van der Waals surface area contributed by atoms with Crippen LogP contribution in [0.25, 0.3) is 0 Å².